The van der Waals surface area contributed by atoms with Gasteiger partial charge >= 0.3 is 0 Å². The van der Waals surface area contributed by atoms with Crippen LogP contribution < -0.4 is 10.2 Å². The summed E-state index contributed by atoms with van der Waals surface area (Å²) in [7, 11) is 0. The second-order valence-electron chi connectivity index (χ2n) is 6.68. The lowest BCUT2D eigenvalue weighted by atomic mass is 10.1. The van der Waals surface area contributed by atoms with E-state index in [0.717, 1.165) is 23.2 Å². The third-order valence-electron chi connectivity index (χ3n) is 4.80. The van der Waals surface area contributed by atoms with Gasteiger partial charge in [-0.2, -0.15) is 0 Å². The van der Waals surface area contributed by atoms with E-state index in [4.69, 9.17) is 11.6 Å². The molecular weight excluding hydrogens is 374 g/mol. The average molecular weight is 392 g/mol. The maximum atomic E-state index is 12.9. The van der Waals surface area contributed by atoms with Crippen molar-refractivity contribution in [2.45, 2.75) is 13.3 Å². The molecule has 6 heteroatoms. The summed E-state index contributed by atoms with van der Waals surface area (Å²) in [5.41, 5.74) is 4.18. The smallest absolute Gasteiger partial charge is 0.276 e. The molecule has 0 radical (unpaired) electrons. The number of para-hydroxylation sites is 1. The standard InChI is InChI=1S/C22H18ClN3O2/c1-14-6-7-17(13-18(14)23)25-21(27)16-8-10-24-19(12-16)22(28)26-11-9-15-4-2-3-5-20(15)26/h2-8,10,12-13H,9,11H2,1H3,(H,25,27). The Morgan fingerprint density at radius 3 is 2.75 bits per heavy atom. The number of hydrogen-bond donors (Lipinski definition) is 1. The first-order chi connectivity index (χ1) is 13.5. The van der Waals surface area contributed by atoms with Gasteiger partial charge in [-0.05, 0) is 54.8 Å². The quantitative estimate of drug-likeness (QED) is 0.715. The lowest BCUT2D eigenvalue weighted by Crippen LogP contribution is -2.30. The van der Waals surface area contributed by atoms with Gasteiger partial charge in [-0.1, -0.05) is 35.9 Å². The monoisotopic (exact) mass is 391 g/mol. The van der Waals surface area contributed by atoms with E-state index in [-0.39, 0.29) is 17.5 Å². The number of rotatable bonds is 3. The van der Waals surface area contributed by atoms with Gasteiger partial charge < -0.3 is 10.2 Å². The summed E-state index contributed by atoms with van der Waals surface area (Å²) < 4.78 is 0. The van der Waals surface area contributed by atoms with Crippen LogP contribution in [-0.2, 0) is 6.42 Å². The van der Waals surface area contributed by atoms with Crippen molar-refractivity contribution in [3.05, 3.63) is 88.2 Å². The number of halogens is 1. The van der Waals surface area contributed by atoms with Crippen molar-refractivity contribution in [2.24, 2.45) is 0 Å². The Morgan fingerprint density at radius 2 is 1.93 bits per heavy atom. The van der Waals surface area contributed by atoms with E-state index in [2.05, 4.69) is 10.3 Å². The van der Waals surface area contributed by atoms with Crippen LogP contribution in [0.1, 0.15) is 32.0 Å². The van der Waals surface area contributed by atoms with Crippen molar-refractivity contribution in [1.29, 1.82) is 0 Å². The third-order valence-corrected chi connectivity index (χ3v) is 5.21. The van der Waals surface area contributed by atoms with Crippen molar-refractivity contribution in [3.8, 4) is 0 Å². The zero-order chi connectivity index (χ0) is 19.7. The molecule has 0 saturated heterocycles. The molecule has 28 heavy (non-hydrogen) atoms. The molecule has 0 bridgehead atoms. The Morgan fingerprint density at radius 1 is 1.11 bits per heavy atom. The van der Waals surface area contributed by atoms with E-state index >= 15 is 0 Å². The van der Waals surface area contributed by atoms with Gasteiger partial charge in [-0.15, -0.1) is 0 Å². The number of hydrogen-bond acceptors (Lipinski definition) is 3. The summed E-state index contributed by atoms with van der Waals surface area (Å²) in [6.45, 7) is 2.50. The number of pyridine rings is 1. The fraction of sp³-hybridized carbons (Fsp3) is 0.136. The molecule has 1 N–H and O–H groups in total. The molecule has 0 aliphatic carbocycles. The van der Waals surface area contributed by atoms with E-state index in [0.29, 0.717) is 22.8 Å². The molecule has 1 aliphatic heterocycles. The van der Waals surface area contributed by atoms with Crippen molar-refractivity contribution in [2.75, 3.05) is 16.8 Å². The Hall–Kier alpha value is -3.18. The summed E-state index contributed by atoms with van der Waals surface area (Å²) in [6.07, 6.45) is 2.29. The number of benzene rings is 2. The molecule has 5 nitrogen and oxygen atoms in total. The highest BCUT2D eigenvalue weighted by Gasteiger charge is 2.26. The van der Waals surface area contributed by atoms with Crippen LogP contribution in [0.4, 0.5) is 11.4 Å². The second-order valence-corrected chi connectivity index (χ2v) is 7.09. The summed E-state index contributed by atoms with van der Waals surface area (Å²) in [5, 5.41) is 3.38. The molecule has 0 saturated carbocycles. The average Bonchev–Trinajstić information content (AvgIpc) is 3.14. The number of carbonyl (C=O) groups is 2. The van der Waals surface area contributed by atoms with Gasteiger partial charge in [0.05, 0.1) is 0 Å². The zero-order valence-corrected chi connectivity index (χ0v) is 16.0. The van der Waals surface area contributed by atoms with Crippen LogP contribution >= 0.6 is 11.6 Å². The number of anilines is 2. The Balaban J connectivity index is 1.55. The summed E-state index contributed by atoms with van der Waals surface area (Å²) in [4.78, 5) is 31.4. The molecule has 1 aromatic heterocycles. The molecule has 0 fully saturated rings. The summed E-state index contributed by atoms with van der Waals surface area (Å²) in [6, 6.07) is 16.3. The number of nitrogens with one attached hydrogen (secondary N) is 1. The molecular formula is C22H18ClN3O2. The van der Waals surface area contributed by atoms with Gasteiger partial charge in [0.25, 0.3) is 11.8 Å². The highest BCUT2D eigenvalue weighted by molar-refractivity contribution is 6.31. The molecule has 140 valence electrons. The van der Waals surface area contributed by atoms with E-state index in [1.165, 1.54) is 12.3 Å². The number of aromatic nitrogens is 1. The van der Waals surface area contributed by atoms with Crippen LogP contribution in [0, 0.1) is 6.92 Å². The van der Waals surface area contributed by atoms with Crippen LogP contribution in [0.5, 0.6) is 0 Å². The van der Waals surface area contributed by atoms with Crippen LogP contribution in [0.25, 0.3) is 0 Å². The third kappa shape index (κ3) is 3.49. The topological polar surface area (TPSA) is 62.3 Å². The fourth-order valence-electron chi connectivity index (χ4n) is 3.25. The molecule has 0 atom stereocenters. The molecule has 3 aromatic rings. The minimum atomic E-state index is -0.321. The highest BCUT2D eigenvalue weighted by atomic mass is 35.5. The fourth-order valence-corrected chi connectivity index (χ4v) is 3.43. The van der Waals surface area contributed by atoms with Gasteiger partial charge in [0.2, 0.25) is 0 Å². The first-order valence-corrected chi connectivity index (χ1v) is 9.34. The minimum absolute atomic E-state index is 0.210. The maximum Gasteiger partial charge on any atom is 0.276 e. The van der Waals surface area contributed by atoms with Gasteiger partial charge in [-0.25, -0.2) is 0 Å². The SMILES string of the molecule is Cc1ccc(NC(=O)c2ccnc(C(=O)N3CCc4ccccc43)c2)cc1Cl. The van der Waals surface area contributed by atoms with Gasteiger partial charge in [0.15, 0.2) is 0 Å². The molecule has 2 heterocycles. The van der Waals surface area contributed by atoms with E-state index < -0.39 is 0 Å². The van der Waals surface area contributed by atoms with Gasteiger partial charge in [-0.3, -0.25) is 14.6 Å². The Bertz CT molecular complexity index is 1080. The molecule has 0 unspecified atom stereocenters. The number of amides is 2. The minimum Gasteiger partial charge on any atom is -0.322 e. The highest BCUT2D eigenvalue weighted by Crippen LogP contribution is 2.28. The largest absolute Gasteiger partial charge is 0.322 e. The maximum absolute atomic E-state index is 12.9. The summed E-state index contributed by atoms with van der Waals surface area (Å²) in [5.74, 6) is -0.531. The summed E-state index contributed by atoms with van der Waals surface area (Å²) >= 11 is 6.11. The van der Waals surface area contributed by atoms with Crippen molar-refractivity contribution in [3.63, 3.8) is 0 Å². The second kappa shape index (κ2) is 7.44. The van der Waals surface area contributed by atoms with Crippen molar-refractivity contribution >= 4 is 34.8 Å². The Kier molecular flexibility index (Phi) is 4.84. The molecule has 1 aliphatic rings. The Labute approximate surface area is 168 Å². The molecule has 2 amide bonds. The van der Waals surface area contributed by atoms with Gasteiger partial charge in [0, 0.05) is 34.7 Å². The predicted octanol–water partition coefficient (Wildman–Crippen LogP) is 4.50. The number of fused-ring (bicyclic) bond motifs is 1. The number of nitrogens with zero attached hydrogens (tertiary/aromatic N) is 2. The van der Waals surface area contributed by atoms with Crippen LogP contribution in [-0.4, -0.2) is 23.3 Å². The molecule has 4 rings (SSSR count). The lowest BCUT2D eigenvalue weighted by Gasteiger charge is -2.17. The van der Waals surface area contributed by atoms with E-state index in [9.17, 15) is 9.59 Å². The molecule has 2 aromatic carbocycles. The number of carbonyl (C=O) groups excluding carboxylic acids is 2. The molecule has 0 spiro atoms. The van der Waals surface area contributed by atoms with E-state index in [1.807, 2.05) is 37.3 Å². The first kappa shape index (κ1) is 18.2. The van der Waals surface area contributed by atoms with Crippen LogP contribution in [0.15, 0.2) is 60.8 Å². The number of aryl methyl sites for hydroxylation is 1. The van der Waals surface area contributed by atoms with E-state index in [1.54, 1.807) is 23.1 Å². The van der Waals surface area contributed by atoms with Gasteiger partial charge in [0.1, 0.15) is 5.69 Å². The van der Waals surface area contributed by atoms with Crippen molar-refractivity contribution in [1.82, 2.24) is 4.98 Å². The van der Waals surface area contributed by atoms with Crippen molar-refractivity contribution < 1.29 is 9.59 Å². The first-order valence-electron chi connectivity index (χ1n) is 8.96. The lowest BCUT2D eigenvalue weighted by molar-refractivity contribution is 0.0984. The van der Waals surface area contributed by atoms with Crippen LogP contribution in [0.3, 0.4) is 0 Å². The van der Waals surface area contributed by atoms with Crippen LogP contribution in [0.2, 0.25) is 5.02 Å². The normalized spacial score (nSPS) is 12.6. The zero-order valence-electron chi connectivity index (χ0n) is 15.3. The predicted molar refractivity (Wildman–Crippen MR) is 110 cm³/mol.